The van der Waals surface area contributed by atoms with Gasteiger partial charge in [-0.2, -0.15) is 13.2 Å². The highest BCUT2D eigenvalue weighted by atomic mass is 35.5. The van der Waals surface area contributed by atoms with Gasteiger partial charge < -0.3 is 15.4 Å². The van der Waals surface area contributed by atoms with Crippen LogP contribution in [0.15, 0.2) is 41.7 Å². The van der Waals surface area contributed by atoms with Crippen molar-refractivity contribution in [2.75, 3.05) is 19.7 Å². The smallest absolute Gasteiger partial charge is 0.422 e. The maximum atomic E-state index is 12.1. The van der Waals surface area contributed by atoms with Crippen molar-refractivity contribution in [2.45, 2.75) is 26.1 Å². The first-order chi connectivity index (χ1) is 13.4. The Labute approximate surface area is 166 Å². The van der Waals surface area contributed by atoms with Crippen LogP contribution in [0.1, 0.15) is 18.1 Å². The van der Waals surface area contributed by atoms with Gasteiger partial charge in [0.25, 0.3) is 0 Å². The van der Waals surface area contributed by atoms with E-state index in [0.717, 1.165) is 17.5 Å². The van der Waals surface area contributed by atoms with Crippen molar-refractivity contribution in [3.8, 4) is 5.88 Å². The van der Waals surface area contributed by atoms with Crippen molar-refractivity contribution in [1.29, 1.82) is 0 Å². The minimum atomic E-state index is -4.39. The molecule has 28 heavy (non-hydrogen) atoms. The van der Waals surface area contributed by atoms with E-state index in [1.807, 2.05) is 13.0 Å². The monoisotopic (exact) mass is 415 g/mol. The third kappa shape index (κ3) is 8.43. The largest absolute Gasteiger partial charge is 0.468 e. The van der Waals surface area contributed by atoms with E-state index in [-0.39, 0.29) is 5.88 Å². The van der Waals surface area contributed by atoms with Crippen LogP contribution in [0.2, 0.25) is 5.15 Å². The molecule has 0 spiro atoms. The number of pyridine rings is 2. The van der Waals surface area contributed by atoms with Crippen molar-refractivity contribution in [3.05, 3.63) is 52.9 Å². The fraction of sp³-hybridized carbons (Fsp3) is 0.389. The molecule has 0 aliphatic carbocycles. The van der Waals surface area contributed by atoms with E-state index in [0.29, 0.717) is 30.7 Å². The molecule has 0 unspecified atom stereocenters. The number of rotatable bonds is 8. The molecule has 0 aromatic carbocycles. The molecule has 152 valence electrons. The molecule has 2 aromatic rings. The lowest BCUT2D eigenvalue weighted by Crippen LogP contribution is -2.38. The lowest BCUT2D eigenvalue weighted by atomic mass is 10.2. The number of halogens is 4. The van der Waals surface area contributed by atoms with E-state index >= 15 is 0 Å². The minimum Gasteiger partial charge on any atom is -0.468 e. The Morgan fingerprint density at radius 1 is 1.11 bits per heavy atom. The summed E-state index contributed by atoms with van der Waals surface area (Å²) in [6.07, 6.45) is -0.471. The summed E-state index contributed by atoms with van der Waals surface area (Å²) in [5.74, 6) is 0.550. The molecule has 0 aliphatic heterocycles. The Morgan fingerprint density at radius 2 is 1.86 bits per heavy atom. The topological polar surface area (TPSA) is 71.4 Å². The Morgan fingerprint density at radius 3 is 2.46 bits per heavy atom. The van der Waals surface area contributed by atoms with Crippen LogP contribution in [0.4, 0.5) is 13.2 Å². The minimum absolute atomic E-state index is 0.0772. The zero-order chi connectivity index (χ0) is 20.4. The number of aliphatic imine (C=N–C) groups is 1. The van der Waals surface area contributed by atoms with E-state index in [4.69, 9.17) is 11.6 Å². The highest BCUT2D eigenvalue weighted by Crippen LogP contribution is 2.17. The molecule has 0 atom stereocenters. The average molecular weight is 416 g/mol. The number of ether oxygens (including phenoxy) is 1. The lowest BCUT2D eigenvalue weighted by Gasteiger charge is -2.11. The molecule has 0 bridgehead atoms. The molecule has 10 heteroatoms. The SMILES string of the molecule is CCNC(=NCc1ccc(OCC(F)(F)F)nc1)NCCc1ccc(Cl)nc1. The van der Waals surface area contributed by atoms with Gasteiger partial charge in [-0.05, 0) is 30.5 Å². The van der Waals surface area contributed by atoms with Crippen LogP contribution < -0.4 is 15.4 Å². The summed E-state index contributed by atoms with van der Waals surface area (Å²) in [6, 6.07) is 6.68. The molecule has 2 aromatic heterocycles. The van der Waals surface area contributed by atoms with Gasteiger partial charge in [0.2, 0.25) is 5.88 Å². The van der Waals surface area contributed by atoms with Crippen molar-refractivity contribution < 1.29 is 17.9 Å². The van der Waals surface area contributed by atoms with E-state index in [2.05, 4.69) is 30.3 Å². The normalized spacial score (nSPS) is 12.0. The van der Waals surface area contributed by atoms with Crippen LogP contribution in [0.5, 0.6) is 5.88 Å². The molecular formula is C18H21ClF3N5O. The summed E-state index contributed by atoms with van der Waals surface area (Å²) in [7, 11) is 0. The molecule has 0 saturated heterocycles. The van der Waals surface area contributed by atoms with Crippen molar-refractivity contribution in [2.24, 2.45) is 4.99 Å². The van der Waals surface area contributed by atoms with Crippen LogP contribution in [0.25, 0.3) is 0 Å². The number of nitrogens with one attached hydrogen (secondary N) is 2. The second-order valence-corrected chi connectivity index (χ2v) is 6.16. The van der Waals surface area contributed by atoms with Crippen molar-refractivity contribution >= 4 is 17.6 Å². The first kappa shape index (κ1) is 21.7. The number of guanidine groups is 1. The van der Waals surface area contributed by atoms with Crippen molar-refractivity contribution in [1.82, 2.24) is 20.6 Å². The number of nitrogens with zero attached hydrogens (tertiary/aromatic N) is 3. The van der Waals surface area contributed by atoms with Gasteiger partial charge in [-0.25, -0.2) is 15.0 Å². The van der Waals surface area contributed by atoms with Crippen LogP contribution in [0.3, 0.4) is 0 Å². The molecule has 0 fully saturated rings. The first-order valence-electron chi connectivity index (χ1n) is 8.63. The first-order valence-corrected chi connectivity index (χ1v) is 9.00. The van der Waals surface area contributed by atoms with E-state index < -0.39 is 12.8 Å². The predicted octanol–water partition coefficient (Wildman–Crippen LogP) is 3.37. The van der Waals surface area contributed by atoms with Gasteiger partial charge in [-0.3, -0.25) is 0 Å². The third-order valence-corrected chi connectivity index (χ3v) is 3.66. The maximum Gasteiger partial charge on any atom is 0.422 e. The zero-order valence-corrected chi connectivity index (χ0v) is 16.0. The van der Waals surface area contributed by atoms with Gasteiger partial charge in [0.1, 0.15) is 5.15 Å². The van der Waals surface area contributed by atoms with E-state index in [1.165, 1.54) is 12.3 Å². The predicted molar refractivity (Wildman–Crippen MR) is 102 cm³/mol. The highest BCUT2D eigenvalue weighted by molar-refractivity contribution is 6.29. The fourth-order valence-electron chi connectivity index (χ4n) is 2.14. The third-order valence-electron chi connectivity index (χ3n) is 3.44. The average Bonchev–Trinajstić information content (AvgIpc) is 2.66. The molecule has 2 heterocycles. The quantitative estimate of drug-likeness (QED) is 0.393. The van der Waals surface area contributed by atoms with Gasteiger partial charge in [0.15, 0.2) is 12.6 Å². The van der Waals surface area contributed by atoms with Gasteiger partial charge in [-0.15, -0.1) is 0 Å². The molecule has 2 rings (SSSR count). The fourth-order valence-corrected chi connectivity index (χ4v) is 2.25. The Kier molecular flexibility index (Phi) is 8.31. The highest BCUT2D eigenvalue weighted by Gasteiger charge is 2.28. The number of aromatic nitrogens is 2. The molecular weight excluding hydrogens is 395 g/mol. The Balaban J connectivity index is 1.84. The molecule has 6 nitrogen and oxygen atoms in total. The molecule has 0 amide bonds. The van der Waals surface area contributed by atoms with Gasteiger partial charge in [0.05, 0.1) is 6.54 Å². The molecule has 0 aliphatic rings. The van der Waals surface area contributed by atoms with Gasteiger partial charge in [0, 0.05) is 31.5 Å². The van der Waals surface area contributed by atoms with Crippen LogP contribution in [-0.2, 0) is 13.0 Å². The Hall–Kier alpha value is -2.55. The van der Waals surface area contributed by atoms with Crippen LogP contribution in [-0.4, -0.2) is 41.8 Å². The summed E-state index contributed by atoms with van der Waals surface area (Å²) in [5.41, 5.74) is 1.80. The lowest BCUT2D eigenvalue weighted by molar-refractivity contribution is -0.154. The Bertz CT molecular complexity index is 751. The van der Waals surface area contributed by atoms with E-state index in [1.54, 1.807) is 18.3 Å². The van der Waals surface area contributed by atoms with Gasteiger partial charge >= 0.3 is 6.18 Å². The van der Waals surface area contributed by atoms with Crippen molar-refractivity contribution in [3.63, 3.8) is 0 Å². The second kappa shape index (κ2) is 10.7. The zero-order valence-electron chi connectivity index (χ0n) is 15.3. The molecule has 0 radical (unpaired) electrons. The maximum absolute atomic E-state index is 12.1. The second-order valence-electron chi connectivity index (χ2n) is 5.77. The summed E-state index contributed by atoms with van der Waals surface area (Å²) in [4.78, 5) is 12.3. The summed E-state index contributed by atoms with van der Waals surface area (Å²) in [5, 5.41) is 6.79. The summed E-state index contributed by atoms with van der Waals surface area (Å²) in [6.45, 7) is 2.25. The number of alkyl halides is 3. The van der Waals surface area contributed by atoms with Crippen LogP contribution >= 0.6 is 11.6 Å². The van der Waals surface area contributed by atoms with E-state index in [9.17, 15) is 13.2 Å². The van der Waals surface area contributed by atoms with Gasteiger partial charge in [-0.1, -0.05) is 23.7 Å². The summed E-state index contributed by atoms with van der Waals surface area (Å²) < 4.78 is 41.0. The number of hydrogen-bond donors (Lipinski definition) is 2. The van der Waals surface area contributed by atoms with Crippen LogP contribution in [0, 0.1) is 0 Å². The summed E-state index contributed by atoms with van der Waals surface area (Å²) >= 11 is 5.77. The standard InChI is InChI=1S/C18H21ClF3N5O/c1-2-23-17(24-8-7-13-3-5-15(19)25-9-13)27-11-14-4-6-16(26-10-14)28-12-18(20,21)22/h3-6,9-10H,2,7-8,11-12H2,1H3,(H2,23,24,27). The molecule has 0 saturated carbocycles. The molecule has 2 N–H and O–H groups in total. The number of hydrogen-bond acceptors (Lipinski definition) is 4.